The summed E-state index contributed by atoms with van der Waals surface area (Å²) in [7, 11) is 0. The second-order valence-electron chi connectivity index (χ2n) is 9.05. The second kappa shape index (κ2) is 12.0. The molecule has 0 spiro atoms. The molecule has 1 aliphatic rings. The third-order valence-corrected chi connectivity index (χ3v) is 6.37. The Labute approximate surface area is 215 Å². The van der Waals surface area contributed by atoms with E-state index in [1.165, 1.54) is 6.92 Å². The molecule has 0 saturated carbocycles. The maximum absolute atomic E-state index is 13.4. The van der Waals surface area contributed by atoms with Gasteiger partial charge in [0.2, 0.25) is 11.7 Å². The molecule has 2 heterocycles. The maximum atomic E-state index is 13.4. The molecular formula is C29H31NO7. The molecule has 194 valence electrons. The topological polar surface area (TPSA) is 106 Å². The van der Waals surface area contributed by atoms with Crippen LogP contribution in [0.2, 0.25) is 0 Å². The van der Waals surface area contributed by atoms with Crippen molar-refractivity contribution < 1.29 is 33.4 Å². The number of nitrogens with zero attached hydrogens (tertiary/aromatic N) is 1. The van der Waals surface area contributed by atoms with Crippen LogP contribution in [0.1, 0.15) is 46.8 Å². The van der Waals surface area contributed by atoms with Crippen LogP contribution < -0.4 is 0 Å². The van der Waals surface area contributed by atoms with Gasteiger partial charge in [0.25, 0.3) is 0 Å². The molecule has 1 N–H and O–H groups in total. The lowest BCUT2D eigenvalue weighted by Gasteiger charge is -2.22. The van der Waals surface area contributed by atoms with Crippen molar-refractivity contribution in [2.75, 3.05) is 26.4 Å². The van der Waals surface area contributed by atoms with Crippen LogP contribution in [0.3, 0.4) is 0 Å². The number of cyclic esters (lactones) is 1. The SMILES string of the molecule is Cc1cccc(-c2cc(C(=O)[C@H](C)C(=O)N3C(=O)OC[C@@H]3c3ccccc3)oc2CCCOCCO)c1. The summed E-state index contributed by atoms with van der Waals surface area (Å²) in [6.07, 6.45) is 0.382. The summed E-state index contributed by atoms with van der Waals surface area (Å²) in [6, 6.07) is 18.1. The zero-order chi connectivity index (χ0) is 26.4. The first-order valence-corrected chi connectivity index (χ1v) is 12.4. The minimum Gasteiger partial charge on any atom is -0.457 e. The van der Waals surface area contributed by atoms with E-state index in [1.807, 2.05) is 61.5 Å². The minimum absolute atomic E-state index is 0.0380. The maximum Gasteiger partial charge on any atom is 0.417 e. The van der Waals surface area contributed by atoms with E-state index < -0.39 is 29.7 Å². The average molecular weight is 506 g/mol. The van der Waals surface area contributed by atoms with Gasteiger partial charge in [0.1, 0.15) is 24.3 Å². The van der Waals surface area contributed by atoms with Gasteiger partial charge in [0.15, 0.2) is 5.76 Å². The Kier molecular flexibility index (Phi) is 8.53. The monoisotopic (exact) mass is 505 g/mol. The number of benzene rings is 2. The molecule has 1 saturated heterocycles. The molecule has 4 rings (SSSR count). The first-order chi connectivity index (χ1) is 17.9. The van der Waals surface area contributed by atoms with Crippen molar-refractivity contribution in [3.8, 4) is 11.1 Å². The third-order valence-electron chi connectivity index (χ3n) is 6.37. The Morgan fingerprint density at radius 1 is 1.11 bits per heavy atom. The highest BCUT2D eigenvalue weighted by atomic mass is 16.6. The minimum atomic E-state index is -1.14. The van der Waals surface area contributed by atoms with Crippen molar-refractivity contribution in [1.29, 1.82) is 0 Å². The number of ether oxygens (including phenoxy) is 2. The largest absolute Gasteiger partial charge is 0.457 e. The predicted octanol–water partition coefficient (Wildman–Crippen LogP) is 4.74. The lowest BCUT2D eigenvalue weighted by atomic mass is 9.98. The Morgan fingerprint density at radius 3 is 2.62 bits per heavy atom. The summed E-state index contributed by atoms with van der Waals surface area (Å²) in [4.78, 5) is 40.3. The van der Waals surface area contributed by atoms with E-state index in [0.717, 1.165) is 27.2 Å². The molecule has 37 heavy (non-hydrogen) atoms. The van der Waals surface area contributed by atoms with Gasteiger partial charge in [-0.05, 0) is 37.5 Å². The van der Waals surface area contributed by atoms with Crippen molar-refractivity contribution in [2.24, 2.45) is 5.92 Å². The van der Waals surface area contributed by atoms with E-state index in [1.54, 1.807) is 6.07 Å². The summed E-state index contributed by atoms with van der Waals surface area (Å²) in [5.41, 5.74) is 3.50. The van der Waals surface area contributed by atoms with Gasteiger partial charge in [0, 0.05) is 18.6 Å². The van der Waals surface area contributed by atoms with Crippen LogP contribution in [0.25, 0.3) is 11.1 Å². The number of imide groups is 1. The summed E-state index contributed by atoms with van der Waals surface area (Å²) >= 11 is 0. The molecule has 0 aliphatic carbocycles. The molecule has 0 bridgehead atoms. The van der Waals surface area contributed by atoms with Crippen molar-refractivity contribution in [2.45, 2.75) is 32.7 Å². The number of carbonyl (C=O) groups is 3. The van der Waals surface area contributed by atoms with E-state index >= 15 is 0 Å². The zero-order valence-corrected chi connectivity index (χ0v) is 21.0. The fourth-order valence-electron chi connectivity index (χ4n) is 4.41. The fourth-order valence-corrected chi connectivity index (χ4v) is 4.41. The van der Waals surface area contributed by atoms with Crippen LogP contribution in [0.15, 0.2) is 65.1 Å². The van der Waals surface area contributed by atoms with Crippen molar-refractivity contribution in [1.82, 2.24) is 4.90 Å². The van der Waals surface area contributed by atoms with Crippen molar-refractivity contribution >= 4 is 17.8 Å². The number of hydrogen-bond donors (Lipinski definition) is 1. The zero-order valence-electron chi connectivity index (χ0n) is 21.0. The molecule has 2 aromatic carbocycles. The Morgan fingerprint density at radius 2 is 1.89 bits per heavy atom. The first-order valence-electron chi connectivity index (χ1n) is 12.4. The molecule has 8 nitrogen and oxygen atoms in total. The van der Waals surface area contributed by atoms with Gasteiger partial charge < -0.3 is 19.0 Å². The number of Topliss-reactive ketones (excluding diaryl/α,β-unsaturated/α-hetero) is 1. The van der Waals surface area contributed by atoms with E-state index in [9.17, 15) is 14.4 Å². The fraction of sp³-hybridized carbons (Fsp3) is 0.345. The highest BCUT2D eigenvalue weighted by Crippen LogP contribution is 2.33. The predicted molar refractivity (Wildman–Crippen MR) is 136 cm³/mol. The van der Waals surface area contributed by atoms with Crippen LogP contribution in [0.4, 0.5) is 4.79 Å². The summed E-state index contributed by atoms with van der Waals surface area (Å²) < 4.78 is 16.5. The van der Waals surface area contributed by atoms with Crippen molar-refractivity contribution in [3.63, 3.8) is 0 Å². The molecule has 0 unspecified atom stereocenters. The lowest BCUT2D eigenvalue weighted by molar-refractivity contribution is -0.131. The number of hydrogen-bond acceptors (Lipinski definition) is 7. The highest BCUT2D eigenvalue weighted by molar-refractivity contribution is 6.12. The number of rotatable bonds is 11. The molecule has 2 amide bonds. The quantitative estimate of drug-likeness (QED) is 0.228. The Bertz CT molecular complexity index is 1250. The van der Waals surface area contributed by atoms with Gasteiger partial charge in [-0.25, -0.2) is 9.69 Å². The van der Waals surface area contributed by atoms with Crippen LogP contribution in [-0.2, 0) is 20.7 Å². The third kappa shape index (κ3) is 5.98. The van der Waals surface area contributed by atoms with Crippen LogP contribution in [0, 0.1) is 12.8 Å². The molecule has 0 radical (unpaired) electrons. The number of amides is 2. The second-order valence-corrected chi connectivity index (χ2v) is 9.05. The number of aliphatic hydroxyl groups is 1. The van der Waals surface area contributed by atoms with E-state index in [2.05, 4.69) is 0 Å². The van der Waals surface area contributed by atoms with E-state index in [4.69, 9.17) is 19.0 Å². The Hall–Kier alpha value is -3.75. The summed E-state index contributed by atoms with van der Waals surface area (Å²) in [5, 5.41) is 8.90. The molecule has 1 aliphatic heterocycles. The van der Waals surface area contributed by atoms with Gasteiger partial charge >= 0.3 is 6.09 Å². The number of carbonyl (C=O) groups excluding carboxylic acids is 3. The number of furan rings is 1. The number of aliphatic hydroxyl groups excluding tert-OH is 1. The normalized spacial score (nSPS) is 16.0. The van der Waals surface area contributed by atoms with Crippen LogP contribution in [0.5, 0.6) is 0 Å². The van der Waals surface area contributed by atoms with Gasteiger partial charge in [-0.1, -0.05) is 60.2 Å². The summed E-state index contributed by atoms with van der Waals surface area (Å²) in [5.74, 6) is -1.60. The first kappa shape index (κ1) is 26.3. The Balaban J connectivity index is 1.57. The van der Waals surface area contributed by atoms with Gasteiger partial charge in [-0.2, -0.15) is 0 Å². The van der Waals surface area contributed by atoms with Crippen LogP contribution >= 0.6 is 0 Å². The smallest absolute Gasteiger partial charge is 0.417 e. The lowest BCUT2D eigenvalue weighted by Crippen LogP contribution is -2.40. The summed E-state index contributed by atoms with van der Waals surface area (Å²) in [6.45, 7) is 4.15. The molecule has 1 aromatic heterocycles. The van der Waals surface area contributed by atoms with Crippen LogP contribution in [-0.4, -0.2) is 54.2 Å². The molecule has 2 atom stereocenters. The molecular weight excluding hydrogens is 474 g/mol. The molecule has 8 heteroatoms. The molecule has 3 aromatic rings. The van der Waals surface area contributed by atoms with Gasteiger partial charge in [0.05, 0.1) is 13.2 Å². The average Bonchev–Trinajstić information content (AvgIpc) is 3.51. The van der Waals surface area contributed by atoms with E-state index in [-0.39, 0.29) is 25.6 Å². The number of ketones is 1. The van der Waals surface area contributed by atoms with Gasteiger partial charge in [-0.3, -0.25) is 9.59 Å². The highest BCUT2D eigenvalue weighted by Gasteiger charge is 2.42. The van der Waals surface area contributed by atoms with Gasteiger partial charge in [-0.15, -0.1) is 0 Å². The standard InChI is InChI=1S/C29H31NO7/c1-19-8-6-11-22(16-19)23-17-26(37-25(23)12-7-14-35-15-13-31)27(32)20(2)28(33)30-24(18-36-29(30)34)21-9-4-3-5-10-21/h3-6,8-11,16-17,20,24,31H,7,12-15,18H2,1-2H3/t20-,24+/m0/s1. The van der Waals surface area contributed by atoms with Crippen molar-refractivity contribution in [3.05, 3.63) is 83.3 Å². The number of aryl methyl sites for hydroxylation is 2. The van der Waals surface area contributed by atoms with E-state index in [0.29, 0.717) is 25.2 Å². The molecule has 1 fully saturated rings.